The number of carboxylic acid groups (broad SMARTS) is 1. The van der Waals surface area contributed by atoms with E-state index in [0.29, 0.717) is 25.5 Å². The van der Waals surface area contributed by atoms with Gasteiger partial charge in [-0.15, -0.1) is 11.3 Å². The van der Waals surface area contributed by atoms with Gasteiger partial charge in [0.1, 0.15) is 0 Å². The van der Waals surface area contributed by atoms with Gasteiger partial charge in [0, 0.05) is 38.7 Å². The minimum atomic E-state index is -0.850. The summed E-state index contributed by atoms with van der Waals surface area (Å²) < 4.78 is 10.2. The zero-order valence-electron chi connectivity index (χ0n) is 12.2. The predicted octanol–water partition coefficient (Wildman–Crippen LogP) is 1.17. The molecule has 1 N–H and O–H groups in total. The van der Waals surface area contributed by atoms with E-state index in [4.69, 9.17) is 14.6 Å². The average molecular weight is 302 g/mol. The van der Waals surface area contributed by atoms with Crippen LogP contribution in [0.25, 0.3) is 0 Å². The topological polar surface area (TPSA) is 71.9 Å². The molecule has 1 rings (SSSR count). The number of hydrogen-bond acceptors (Lipinski definition) is 6. The molecule has 0 atom stereocenters. The van der Waals surface area contributed by atoms with Crippen molar-refractivity contribution < 1.29 is 19.4 Å². The Morgan fingerprint density at radius 3 is 2.40 bits per heavy atom. The van der Waals surface area contributed by atoms with E-state index >= 15 is 0 Å². The number of methoxy groups -OCH3 is 2. The van der Waals surface area contributed by atoms with E-state index in [1.54, 1.807) is 25.6 Å². The number of nitrogens with zero attached hydrogens (tertiary/aromatic N) is 2. The van der Waals surface area contributed by atoms with Gasteiger partial charge < -0.3 is 14.6 Å². The van der Waals surface area contributed by atoms with Crippen LogP contribution in [0.2, 0.25) is 0 Å². The number of hydrogen-bond donors (Lipinski definition) is 1. The second kappa shape index (κ2) is 9.02. The quantitative estimate of drug-likeness (QED) is 0.699. The van der Waals surface area contributed by atoms with Gasteiger partial charge in [-0.25, -0.2) is 4.98 Å². The Morgan fingerprint density at radius 2 is 1.90 bits per heavy atom. The van der Waals surface area contributed by atoms with Crippen LogP contribution in [0.1, 0.15) is 15.6 Å². The standard InChI is InChI=1S/C13H22N2O4S/c1-10-14-11(8-13(16)17)12(20-10)9-15(4-6-18-2)5-7-19-3/h4-9H2,1-3H3,(H,16,17). The van der Waals surface area contributed by atoms with Crippen molar-refractivity contribution in [2.24, 2.45) is 0 Å². The Labute approximate surface area is 123 Å². The maximum absolute atomic E-state index is 10.9. The lowest BCUT2D eigenvalue weighted by Gasteiger charge is -2.21. The zero-order valence-corrected chi connectivity index (χ0v) is 13.0. The molecule has 6 nitrogen and oxygen atoms in total. The number of carboxylic acids is 1. The molecule has 114 valence electrons. The number of ether oxygens (including phenoxy) is 2. The molecule has 7 heteroatoms. The third-order valence-electron chi connectivity index (χ3n) is 2.79. The highest BCUT2D eigenvalue weighted by Gasteiger charge is 2.15. The van der Waals surface area contributed by atoms with Gasteiger partial charge in [-0.05, 0) is 6.92 Å². The van der Waals surface area contributed by atoms with Crippen molar-refractivity contribution in [1.29, 1.82) is 0 Å². The molecule has 0 aliphatic heterocycles. The third-order valence-corrected chi connectivity index (χ3v) is 3.79. The summed E-state index contributed by atoms with van der Waals surface area (Å²) in [5, 5.41) is 9.83. The van der Waals surface area contributed by atoms with Gasteiger partial charge in [-0.2, -0.15) is 0 Å². The Bertz CT molecular complexity index is 415. The molecule has 1 aromatic heterocycles. The normalized spacial score (nSPS) is 11.2. The highest BCUT2D eigenvalue weighted by molar-refractivity contribution is 7.11. The molecule has 0 fully saturated rings. The van der Waals surface area contributed by atoms with Crippen molar-refractivity contribution in [2.45, 2.75) is 19.9 Å². The molecule has 0 saturated heterocycles. The van der Waals surface area contributed by atoms with Crippen molar-refractivity contribution in [3.63, 3.8) is 0 Å². The molecule has 0 radical (unpaired) electrons. The first-order valence-corrected chi connectivity index (χ1v) is 7.25. The zero-order chi connectivity index (χ0) is 15.0. The average Bonchev–Trinajstić information content (AvgIpc) is 2.71. The molecule has 0 spiro atoms. The van der Waals surface area contributed by atoms with E-state index in [9.17, 15) is 4.79 Å². The van der Waals surface area contributed by atoms with Gasteiger partial charge in [0.2, 0.25) is 0 Å². The smallest absolute Gasteiger partial charge is 0.309 e. The van der Waals surface area contributed by atoms with Crippen LogP contribution in [-0.4, -0.2) is 61.5 Å². The molecule has 0 aliphatic rings. The largest absolute Gasteiger partial charge is 0.481 e. The van der Waals surface area contributed by atoms with Crippen molar-refractivity contribution in [2.75, 3.05) is 40.5 Å². The maximum atomic E-state index is 10.9. The fourth-order valence-electron chi connectivity index (χ4n) is 1.83. The van der Waals surface area contributed by atoms with Crippen molar-refractivity contribution in [1.82, 2.24) is 9.88 Å². The van der Waals surface area contributed by atoms with Crippen LogP contribution >= 0.6 is 11.3 Å². The van der Waals surface area contributed by atoms with E-state index in [1.165, 1.54) is 0 Å². The Hall–Kier alpha value is -1.02. The molecule has 0 amide bonds. The molecule has 0 saturated carbocycles. The molecule has 1 aromatic rings. The molecular formula is C13H22N2O4S. The maximum Gasteiger partial charge on any atom is 0.309 e. The van der Waals surface area contributed by atoms with E-state index in [2.05, 4.69) is 9.88 Å². The van der Waals surface area contributed by atoms with Crippen molar-refractivity contribution in [3.05, 3.63) is 15.6 Å². The van der Waals surface area contributed by atoms with Gasteiger partial charge in [-0.1, -0.05) is 0 Å². The summed E-state index contributed by atoms with van der Waals surface area (Å²) in [5.74, 6) is -0.850. The van der Waals surface area contributed by atoms with Crippen LogP contribution < -0.4 is 0 Å². The number of aliphatic carboxylic acids is 1. The molecule has 20 heavy (non-hydrogen) atoms. The van der Waals surface area contributed by atoms with Gasteiger partial charge in [0.05, 0.1) is 30.3 Å². The number of aromatic nitrogens is 1. The summed E-state index contributed by atoms with van der Waals surface area (Å²) in [6.07, 6.45) is -0.0257. The number of aryl methyl sites for hydroxylation is 1. The Balaban J connectivity index is 2.72. The van der Waals surface area contributed by atoms with E-state index in [1.807, 2.05) is 6.92 Å². The van der Waals surface area contributed by atoms with Crippen molar-refractivity contribution >= 4 is 17.3 Å². The van der Waals surface area contributed by atoms with E-state index < -0.39 is 5.97 Å². The van der Waals surface area contributed by atoms with Crippen LogP contribution in [0.3, 0.4) is 0 Å². The second-order valence-corrected chi connectivity index (χ2v) is 5.72. The Kier molecular flexibility index (Phi) is 7.68. The minimum Gasteiger partial charge on any atom is -0.481 e. The number of thiazole rings is 1. The fourth-order valence-corrected chi connectivity index (χ4v) is 2.83. The summed E-state index contributed by atoms with van der Waals surface area (Å²) in [7, 11) is 3.34. The SMILES string of the molecule is COCCN(CCOC)Cc1sc(C)nc1CC(=O)O. The fraction of sp³-hybridized carbons (Fsp3) is 0.692. The molecule has 0 aliphatic carbocycles. The summed E-state index contributed by atoms with van der Waals surface area (Å²) in [6, 6.07) is 0. The lowest BCUT2D eigenvalue weighted by atomic mass is 10.2. The summed E-state index contributed by atoms with van der Waals surface area (Å²) in [5.41, 5.74) is 0.667. The summed E-state index contributed by atoms with van der Waals surface area (Å²) in [6.45, 7) is 5.41. The predicted molar refractivity (Wildman–Crippen MR) is 77.2 cm³/mol. The molecular weight excluding hydrogens is 280 g/mol. The van der Waals surface area contributed by atoms with Crippen LogP contribution in [0.4, 0.5) is 0 Å². The third kappa shape index (κ3) is 5.96. The van der Waals surface area contributed by atoms with Gasteiger partial charge >= 0.3 is 5.97 Å². The highest BCUT2D eigenvalue weighted by atomic mass is 32.1. The number of carbonyl (C=O) groups is 1. The van der Waals surface area contributed by atoms with Gasteiger partial charge in [0.15, 0.2) is 0 Å². The van der Waals surface area contributed by atoms with Crippen LogP contribution in [0.15, 0.2) is 0 Å². The Morgan fingerprint density at radius 1 is 1.30 bits per heavy atom. The first-order valence-electron chi connectivity index (χ1n) is 6.44. The van der Waals surface area contributed by atoms with Gasteiger partial charge in [-0.3, -0.25) is 9.69 Å². The summed E-state index contributed by atoms with van der Waals surface area (Å²) >= 11 is 1.55. The molecule has 1 heterocycles. The summed E-state index contributed by atoms with van der Waals surface area (Å²) in [4.78, 5) is 18.4. The first kappa shape index (κ1) is 17.0. The lowest BCUT2D eigenvalue weighted by molar-refractivity contribution is -0.136. The lowest BCUT2D eigenvalue weighted by Crippen LogP contribution is -2.30. The molecule has 0 unspecified atom stereocenters. The molecule has 0 aromatic carbocycles. The van der Waals surface area contributed by atoms with E-state index in [-0.39, 0.29) is 6.42 Å². The van der Waals surface area contributed by atoms with Crippen molar-refractivity contribution in [3.8, 4) is 0 Å². The minimum absolute atomic E-state index is 0.0257. The highest BCUT2D eigenvalue weighted by Crippen LogP contribution is 2.20. The first-order chi connectivity index (χ1) is 9.56. The van der Waals surface area contributed by atoms with E-state index in [0.717, 1.165) is 23.0 Å². The van der Waals surface area contributed by atoms with Crippen LogP contribution in [-0.2, 0) is 27.2 Å². The molecule has 0 bridgehead atoms. The second-order valence-electron chi connectivity index (χ2n) is 4.44. The van der Waals surface area contributed by atoms with Crippen LogP contribution in [0.5, 0.6) is 0 Å². The number of rotatable bonds is 10. The van der Waals surface area contributed by atoms with Crippen LogP contribution in [0, 0.1) is 6.92 Å². The monoisotopic (exact) mass is 302 g/mol. The van der Waals surface area contributed by atoms with Gasteiger partial charge in [0.25, 0.3) is 0 Å².